The fraction of sp³-hybridized carbons (Fsp3) is 0.652. The second kappa shape index (κ2) is 11.4. The molecule has 0 spiro atoms. The van der Waals surface area contributed by atoms with Crippen LogP contribution in [0.4, 0.5) is 0 Å². The Kier molecular flexibility index (Phi) is 10.8. The number of aliphatic hydroxyl groups excluding tert-OH is 2. The molecule has 0 heterocycles. The fourth-order valence-electron chi connectivity index (χ4n) is 2.70. The second-order valence-electron chi connectivity index (χ2n) is 8.89. The van der Waals surface area contributed by atoms with Crippen LogP contribution in [0.3, 0.4) is 0 Å². The smallest absolute Gasteiger partial charge is 0.123 e. The van der Waals surface area contributed by atoms with Crippen molar-refractivity contribution in [3.05, 3.63) is 41.5 Å². The van der Waals surface area contributed by atoms with Gasteiger partial charge in [-0.05, 0) is 46.8 Å². The largest absolute Gasteiger partial charge is 0.507 e. The van der Waals surface area contributed by atoms with Crippen LogP contribution < -0.4 is 0 Å². The summed E-state index contributed by atoms with van der Waals surface area (Å²) in [5, 5.41) is 27.1. The van der Waals surface area contributed by atoms with Crippen molar-refractivity contribution in [1.82, 2.24) is 0 Å². The molecule has 0 unspecified atom stereocenters. The lowest BCUT2D eigenvalue weighted by molar-refractivity contribution is 0.265. The fourth-order valence-corrected chi connectivity index (χ4v) is 2.70. The topological polar surface area (TPSA) is 60.7 Å². The molecule has 0 aliphatic heterocycles. The number of phenols is 1. The summed E-state index contributed by atoms with van der Waals surface area (Å²) in [6, 6.07) is 4.21. The van der Waals surface area contributed by atoms with Gasteiger partial charge in [0, 0.05) is 13.2 Å². The molecule has 0 bridgehead atoms. The van der Waals surface area contributed by atoms with Gasteiger partial charge in [-0.15, -0.1) is 6.58 Å². The molecule has 0 atom stereocenters. The Hall–Kier alpha value is -1.32. The molecule has 150 valence electrons. The Morgan fingerprint density at radius 1 is 0.808 bits per heavy atom. The molecule has 3 nitrogen and oxygen atoms in total. The van der Waals surface area contributed by atoms with Crippen LogP contribution in [0.1, 0.15) is 83.9 Å². The number of rotatable bonds is 7. The Morgan fingerprint density at radius 3 is 1.46 bits per heavy atom. The average molecular weight is 365 g/mol. The number of hydrogen-bond donors (Lipinski definition) is 3. The van der Waals surface area contributed by atoms with Crippen LogP contribution in [0.2, 0.25) is 0 Å². The standard InChI is InChI=1S/C17H26O.C6H14O2/c1-8-9-12-10-13(16(2,3)4)15(18)14(11-12)17(5,6)7;7-5-3-1-2-4-6-8/h8,10-11,18H,1,9H2,2-7H3;7-8H,1-6H2. The van der Waals surface area contributed by atoms with E-state index in [0.29, 0.717) is 5.75 Å². The van der Waals surface area contributed by atoms with E-state index in [9.17, 15) is 5.11 Å². The van der Waals surface area contributed by atoms with Gasteiger partial charge in [0.1, 0.15) is 5.75 Å². The highest BCUT2D eigenvalue weighted by atomic mass is 16.3. The summed E-state index contributed by atoms with van der Waals surface area (Å²) < 4.78 is 0. The zero-order valence-corrected chi connectivity index (χ0v) is 17.7. The third kappa shape index (κ3) is 8.86. The van der Waals surface area contributed by atoms with E-state index in [-0.39, 0.29) is 24.0 Å². The van der Waals surface area contributed by atoms with Gasteiger partial charge < -0.3 is 15.3 Å². The molecule has 0 aliphatic carbocycles. The van der Waals surface area contributed by atoms with E-state index >= 15 is 0 Å². The van der Waals surface area contributed by atoms with Crippen molar-refractivity contribution in [3.63, 3.8) is 0 Å². The molecule has 3 heteroatoms. The third-order valence-electron chi connectivity index (χ3n) is 4.23. The first-order valence-corrected chi connectivity index (χ1v) is 9.68. The number of unbranched alkanes of at least 4 members (excludes halogenated alkanes) is 3. The van der Waals surface area contributed by atoms with Gasteiger partial charge in [0.25, 0.3) is 0 Å². The molecule has 26 heavy (non-hydrogen) atoms. The number of allylic oxidation sites excluding steroid dienone is 1. The first-order chi connectivity index (χ1) is 12.0. The maximum atomic E-state index is 10.5. The molecule has 0 aliphatic rings. The molecule has 0 radical (unpaired) electrons. The predicted molar refractivity (Wildman–Crippen MR) is 112 cm³/mol. The highest BCUT2D eigenvalue weighted by Gasteiger charge is 2.26. The summed E-state index contributed by atoms with van der Waals surface area (Å²) in [6.07, 6.45) is 6.58. The van der Waals surface area contributed by atoms with Crippen molar-refractivity contribution in [2.75, 3.05) is 13.2 Å². The summed E-state index contributed by atoms with van der Waals surface area (Å²) in [6.45, 7) is 17.2. The minimum atomic E-state index is -0.0543. The highest BCUT2D eigenvalue weighted by molar-refractivity contribution is 5.50. The van der Waals surface area contributed by atoms with Gasteiger partial charge in [-0.1, -0.05) is 72.6 Å². The molecule has 0 saturated heterocycles. The van der Waals surface area contributed by atoms with E-state index in [1.807, 2.05) is 6.08 Å². The van der Waals surface area contributed by atoms with Crippen molar-refractivity contribution in [2.24, 2.45) is 0 Å². The molecule has 0 amide bonds. The van der Waals surface area contributed by atoms with E-state index < -0.39 is 0 Å². The summed E-state index contributed by atoms with van der Waals surface area (Å²) in [7, 11) is 0. The lowest BCUT2D eigenvalue weighted by Crippen LogP contribution is -2.17. The van der Waals surface area contributed by atoms with Gasteiger partial charge in [0.05, 0.1) is 0 Å². The molecule has 1 rings (SSSR count). The summed E-state index contributed by atoms with van der Waals surface area (Å²) >= 11 is 0. The lowest BCUT2D eigenvalue weighted by atomic mass is 9.78. The SMILES string of the molecule is C=CCc1cc(C(C)(C)C)c(O)c(C(C)(C)C)c1.OCCCCCCO. The molecule has 3 N–H and O–H groups in total. The van der Waals surface area contributed by atoms with Crippen molar-refractivity contribution < 1.29 is 15.3 Å². The first kappa shape index (κ1) is 24.7. The number of aromatic hydroxyl groups is 1. The highest BCUT2D eigenvalue weighted by Crippen LogP contribution is 2.39. The molecular formula is C23H40O3. The van der Waals surface area contributed by atoms with Crippen LogP contribution >= 0.6 is 0 Å². The molecule has 1 aromatic rings. The Bertz CT molecular complexity index is 492. The van der Waals surface area contributed by atoms with E-state index in [0.717, 1.165) is 43.2 Å². The quantitative estimate of drug-likeness (QED) is 0.457. The monoisotopic (exact) mass is 364 g/mol. The van der Waals surface area contributed by atoms with Gasteiger partial charge in [-0.3, -0.25) is 0 Å². The zero-order valence-electron chi connectivity index (χ0n) is 17.7. The van der Waals surface area contributed by atoms with Crippen LogP contribution in [0.15, 0.2) is 24.8 Å². The Labute approximate surface area is 160 Å². The normalized spacial score (nSPS) is 11.7. The molecule has 0 fully saturated rings. The van der Waals surface area contributed by atoms with Gasteiger partial charge in [0.2, 0.25) is 0 Å². The van der Waals surface area contributed by atoms with E-state index in [4.69, 9.17) is 10.2 Å². The van der Waals surface area contributed by atoms with Crippen LogP contribution in [-0.2, 0) is 17.3 Å². The lowest BCUT2D eigenvalue weighted by Gasteiger charge is -2.28. The summed E-state index contributed by atoms with van der Waals surface area (Å²) in [4.78, 5) is 0. The number of aliphatic hydroxyl groups is 2. The van der Waals surface area contributed by atoms with Gasteiger partial charge in [0.15, 0.2) is 0 Å². The van der Waals surface area contributed by atoms with E-state index in [2.05, 4.69) is 60.3 Å². The molecule has 1 aromatic carbocycles. The molecule has 0 saturated carbocycles. The van der Waals surface area contributed by atoms with Gasteiger partial charge in [-0.2, -0.15) is 0 Å². The van der Waals surface area contributed by atoms with Gasteiger partial charge in [-0.25, -0.2) is 0 Å². The Balaban J connectivity index is 0.000000660. The summed E-state index contributed by atoms with van der Waals surface area (Å²) in [5.41, 5.74) is 3.15. The van der Waals surface area contributed by atoms with Crippen molar-refractivity contribution in [2.45, 2.75) is 84.5 Å². The van der Waals surface area contributed by atoms with E-state index in [1.54, 1.807) is 0 Å². The maximum absolute atomic E-state index is 10.5. The average Bonchev–Trinajstić information content (AvgIpc) is 2.52. The Morgan fingerprint density at radius 2 is 1.19 bits per heavy atom. The number of phenolic OH excluding ortho intramolecular Hbond substituents is 1. The third-order valence-corrected chi connectivity index (χ3v) is 4.23. The van der Waals surface area contributed by atoms with Crippen molar-refractivity contribution >= 4 is 0 Å². The van der Waals surface area contributed by atoms with Crippen molar-refractivity contribution in [3.8, 4) is 5.75 Å². The zero-order chi connectivity index (χ0) is 20.4. The molecular weight excluding hydrogens is 324 g/mol. The maximum Gasteiger partial charge on any atom is 0.123 e. The minimum absolute atomic E-state index is 0.0543. The molecule has 0 aromatic heterocycles. The summed E-state index contributed by atoms with van der Waals surface area (Å²) in [5.74, 6) is 0.447. The number of benzene rings is 1. The van der Waals surface area contributed by atoms with E-state index in [1.165, 1.54) is 5.56 Å². The predicted octanol–water partition coefficient (Wildman–Crippen LogP) is 5.25. The van der Waals surface area contributed by atoms with Crippen molar-refractivity contribution in [1.29, 1.82) is 0 Å². The van der Waals surface area contributed by atoms with Crippen LogP contribution in [0, 0.1) is 0 Å². The first-order valence-electron chi connectivity index (χ1n) is 9.68. The second-order valence-corrected chi connectivity index (χ2v) is 8.89. The van der Waals surface area contributed by atoms with Gasteiger partial charge >= 0.3 is 0 Å². The van der Waals surface area contributed by atoms with Crippen LogP contribution in [0.5, 0.6) is 5.75 Å². The van der Waals surface area contributed by atoms with Crippen LogP contribution in [0.25, 0.3) is 0 Å². The minimum Gasteiger partial charge on any atom is -0.507 e. The van der Waals surface area contributed by atoms with Crippen LogP contribution in [-0.4, -0.2) is 28.5 Å². The number of hydrogen-bond acceptors (Lipinski definition) is 3.